The summed E-state index contributed by atoms with van der Waals surface area (Å²) in [5, 5.41) is 7.24. The van der Waals surface area contributed by atoms with Crippen LogP contribution in [0.3, 0.4) is 0 Å². The summed E-state index contributed by atoms with van der Waals surface area (Å²) < 4.78 is 29.4. The first-order chi connectivity index (χ1) is 12.7. The highest BCUT2D eigenvalue weighted by Crippen LogP contribution is 2.21. The molecule has 3 rings (SSSR count). The van der Waals surface area contributed by atoms with Gasteiger partial charge in [-0.2, -0.15) is 5.10 Å². The van der Waals surface area contributed by atoms with Gasteiger partial charge >= 0.3 is 0 Å². The molecule has 0 unspecified atom stereocenters. The number of nitrogens with zero attached hydrogens (tertiary/aromatic N) is 2. The zero-order valence-corrected chi connectivity index (χ0v) is 17.1. The zero-order valence-electron chi connectivity index (χ0n) is 14.0. The van der Waals surface area contributed by atoms with Crippen LogP contribution >= 0.6 is 27.5 Å². The fraction of sp³-hybridized carbons (Fsp3) is 0.0588. The lowest BCUT2D eigenvalue weighted by Crippen LogP contribution is -2.15. The van der Waals surface area contributed by atoms with E-state index in [2.05, 4.69) is 31.1 Å². The molecule has 0 fully saturated rings. The number of carbonyl (C=O) groups is 1. The molecule has 2 N–H and O–H groups in total. The van der Waals surface area contributed by atoms with Gasteiger partial charge in [-0.25, -0.2) is 8.42 Å². The Balaban J connectivity index is 1.73. The van der Waals surface area contributed by atoms with Gasteiger partial charge in [-0.15, -0.1) is 0 Å². The standard InChI is InChI=1S/C17H14BrClN4O3S/c1-23-10-15(18)16(21-23)17(24)20-12-6-8-14(9-7-12)27(25,26)22-13-4-2-11(19)3-5-13/h2-10,22H,1H3,(H,20,24). The molecule has 2 aromatic carbocycles. The number of hydrogen-bond acceptors (Lipinski definition) is 4. The predicted octanol–water partition coefficient (Wildman–Crippen LogP) is 3.89. The van der Waals surface area contributed by atoms with Gasteiger partial charge in [0.05, 0.1) is 9.37 Å². The van der Waals surface area contributed by atoms with Crippen molar-refractivity contribution in [3.05, 3.63) is 69.9 Å². The van der Waals surface area contributed by atoms with Crippen molar-refractivity contribution < 1.29 is 13.2 Å². The van der Waals surface area contributed by atoms with Gasteiger partial charge in [0.2, 0.25) is 0 Å². The SMILES string of the molecule is Cn1cc(Br)c(C(=O)Nc2ccc(S(=O)(=O)Nc3ccc(Cl)cc3)cc2)n1. The molecule has 0 aliphatic rings. The molecule has 1 amide bonds. The average Bonchev–Trinajstić information content (AvgIpc) is 2.96. The molecule has 1 aromatic heterocycles. The maximum absolute atomic E-state index is 12.4. The van der Waals surface area contributed by atoms with Crippen LogP contribution in [0.4, 0.5) is 11.4 Å². The summed E-state index contributed by atoms with van der Waals surface area (Å²) in [6.07, 6.45) is 1.66. The lowest BCUT2D eigenvalue weighted by molar-refractivity contribution is 0.102. The summed E-state index contributed by atoms with van der Waals surface area (Å²) in [5.74, 6) is -0.405. The smallest absolute Gasteiger partial charge is 0.277 e. The molecule has 0 radical (unpaired) electrons. The van der Waals surface area contributed by atoms with E-state index < -0.39 is 15.9 Å². The number of halogens is 2. The number of hydrogen-bond donors (Lipinski definition) is 2. The number of nitrogens with one attached hydrogen (secondary N) is 2. The third-order valence-electron chi connectivity index (χ3n) is 3.52. The van der Waals surface area contributed by atoms with E-state index in [0.717, 1.165) is 0 Å². The molecule has 0 aliphatic carbocycles. The summed E-state index contributed by atoms with van der Waals surface area (Å²) in [7, 11) is -2.05. The zero-order chi connectivity index (χ0) is 19.6. The number of rotatable bonds is 5. The Bertz CT molecular complexity index is 1080. The third-order valence-corrected chi connectivity index (χ3v) is 5.75. The largest absolute Gasteiger partial charge is 0.321 e. The van der Waals surface area contributed by atoms with Crippen LogP contribution in [-0.2, 0) is 17.1 Å². The van der Waals surface area contributed by atoms with Crippen LogP contribution < -0.4 is 10.0 Å². The van der Waals surface area contributed by atoms with Crippen molar-refractivity contribution in [2.24, 2.45) is 7.05 Å². The molecule has 1 heterocycles. The Kier molecular flexibility index (Phi) is 5.54. The Morgan fingerprint density at radius 1 is 1.07 bits per heavy atom. The second-order valence-electron chi connectivity index (χ2n) is 5.59. The highest BCUT2D eigenvalue weighted by molar-refractivity contribution is 9.10. The lowest BCUT2D eigenvalue weighted by atomic mass is 10.3. The maximum Gasteiger partial charge on any atom is 0.277 e. The normalized spacial score (nSPS) is 11.2. The van der Waals surface area contributed by atoms with Gasteiger partial charge < -0.3 is 5.32 Å². The first-order valence-corrected chi connectivity index (χ1v) is 10.3. The third kappa shape index (κ3) is 4.68. The van der Waals surface area contributed by atoms with Crippen molar-refractivity contribution in [1.82, 2.24) is 9.78 Å². The van der Waals surface area contributed by atoms with E-state index in [9.17, 15) is 13.2 Å². The van der Waals surface area contributed by atoms with E-state index in [0.29, 0.717) is 20.9 Å². The van der Waals surface area contributed by atoms with E-state index in [1.54, 1.807) is 37.5 Å². The Morgan fingerprint density at radius 2 is 1.67 bits per heavy atom. The van der Waals surface area contributed by atoms with Crippen molar-refractivity contribution in [1.29, 1.82) is 0 Å². The molecule has 0 saturated heterocycles. The number of anilines is 2. The number of aromatic nitrogens is 2. The van der Waals surface area contributed by atoms with Crippen LogP contribution in [0.5, 0.6) is 0 Å². The van der Waals surface area contributed by atoms with Crippen molar-refractivity contribution in [2.75, 3.05) is 10.0 Å². The van der Waals surface area contributed by atoms with Crippen molar-refractivity contribution in [3.8, 4) is 0 Å². The van der Waals surface area contributed by atoms with Gasteiger partial charge in [-0.05, 0) is 64.5 Å². The number of sulfonamides is 1. The van der Waals surface area contributed by atoms with Crippen LogP contribution in [0, 0.1) is 0 Å². The van der Waals surface area contributed by atoms with Gasteiger partial charge in [0.25, 0.3) is 15.9 Å². The first-order valence-electron chi connectivity index (χ1n) is 7.63. The number of carbonyl (C=O) groups excluding carboxylic acids is 1. The molecular weight excluding hydrogens is 456 g/mol. The minimum atomic E-state index is -3.76. The summed E-state index contributed by atoms with van der Waals surface area (Å²) in [4.78, 5) is 12.3. The second-order valence-corrected chi connectivity index (χ2v) is 8.56. The van der Waals surface area contributed by atoms with Gasteiger partial charge in [0.1, 0.15) is 0 Å². The summed E-state index contributed by atoms with van der Waals surface area (Å²) in [6.45, 7) is 0. The van der Waals surface area contributed by atoms with Crippen molar-refractivity contribution in [2.45, 2.75) is 4.90 Å². The quantitative estimate of drug-likeness (QED) is 0.593. The first kappa shape index (κ1) is 19.4. The molecular formula is C17H14BrClN4O3S. The molecule has 10 heteroatoms. The van der Waals surface area contributed by atoms with Crippen LogP contribution in [-0.4, -0.2) is 24.1 Å². The van der Waals surface area contributed by atoms with Gasteiger partial charge in [0, 0.05) is 29.6 Å². The van der Waals surface area contributed by atoms with Crippen LogP contribution in [0.25, 0.3) is 0 Å². The Labute approximate surface area is 169 Å². The molecule has 0 spiro atoms. The molecule has 0 atom stereocenters. The number of amides is 1. The van der Waals surface area contributed by atoms with Crippen molar-refractivity contribution >= 4 is 54.8 Å². The minimum Gasteiger partial charge on any atom is -0.321 e. The number of aryl methyl sites for hydroxylation is 1. The van der Waals surface area contributed by atoms with Gasteiger partial charge in [-0.1, -0.05) is 11.6 Å². The topological polar surface area (TPSA) is 93.1 Å². The maximum atomic E-state index is 12.4. The van der Waals surface area contributed by atoms with Gasteiger partial charge in [-0.3, -0.25) is 14.2 Å². The fourth-order valence-electron chi connectivity index (χ4n) is 2.25. The molecule has 27 heavy (non-hydrogen) atoms. The van der Waals surface area contributed by atoms with Crippen LogP contribution in [0.2, 0.25) is 5.02 Å². The highest BCUT2D eigenvalue weighted by atomic mass is 79.9. The molecule has 0 bridgehead atoms. The summed E-state index contributed by atoms with van der Waals surface area (Å²) in [6, 6.07) is 12.1. The van der Waals surface area contributed by atoms with Gasteiger partial charge in [0.15, 0.2) is 5.69 Å². The lowest BCUT2D eigenvalue weighted by Gasteiger charge is -2.09. The predicted molar refractivity (Wildman–Crippen MR) is 108 cm³/mol. The van der Waals surface area contributed by atoms with Crippen LogP contribution in [0.1, 0.15) is 10.5 Å². The second kappa shape index (κ2) is 7.71. The molecule has 0 saturated carbocycles. The average molecular weight is 470 g/mol. The summed E-state index contributed by atoms with van der Waals surface area (Å²) in [5.41, 5.74) is 1.08. The fourth-order valence-corrected chi connectivity index (χ4v) is 3.99. The van der Waals surface area contributed by atoms with Crippen LogP contribution in [0.15, 0.2) is 64.1 Å². The summed E-state index contributed by atoms with van der Waals surface area (Å²) >= 11 is 9.06. The molecule has 0 aliphatic heterocycles. The van der Waals surface area contributed by atoms with Crippen molar-refractivity contribution in [3.63, 3.8) is 0 Å². The van der Waals surface area contributed by atoms with E-state index in [1.807, 2.05) is 0 Å². The van der Waals surface area contributed by atoms with E-state index in [-0.39, 0.29) is 10.6 Å². The monoisotopic (exact) mass is 468 g/mol. The highest BCUT2D eigenvalue weighted by Gasteiger charge is 2.17. The van der Waals surface area contributed by atoms with E-state index >= 15 is 0 Å². The molecule has 7 nitrogen and oxygen atoms in total. The minimum absolute atomic E-state index is 0.0643. The Hall–Kier alpha value is -2.36. The number of benzene rings is 2. The molecule has 140 valence electrons. The Morgan fingerprint density at radius 3 is 2.22 bits per heavy atom. The molecule has 3 aromatic rings. The van der Waals surface area contributed by atoms with E-state index in [1.165, 1.54) is 28.9 Å². The van der Waals surface area contributed by atoms with E-state index in [4.69, 9.17) is 11.6 Å².